The van der Waals surface area contributed by atoms with Gasteiger partial charge in [0.2, 0.25) is 0 Å². The summed E-state index contributed by atoms with van der Waals surface area (Å²) >= 11 is 0. The molecule has 2 aromatic carbocycles. The first-order chi connectivity index (χ1) is 10.3. The number of carbonyl (C=O) groups is 1. The molecule has 0 unspecified atom stereocenters. The van der Waals surface area contributed by atoms with Crippen LogP contribution < -0.4 is 0 Å². The van der Waals surface area contributed by atoms with E-state index >= 15 is 0 Å². The number of fused-ring (bicyclic) bond motifs is 1. The van der Waals surface area contributed by atoms with Crippen LogP contribution in [0.1, 0.15) is 40.2 Å². The Labute approximate surface area is 132 Å². The smallest absolute Gasteiger partial charge is 0.410 e. The molecule has 22 heavy (non-hydrogen) atoms. The van der Waals surface area contributed by atoms with Gasteiger partial charge in [0.15, 0.2) is 0 Å². The minimum absolute atomic E-state index is 0.0776. The van der Waals surface area contributed by atoms with Crippen molar-refractivity contribution in [1.82, 2.24) is 4.90 Å². The third-order valence-corrected chi connectivity index (χ3v) is 3.47. The van der Waals surface area contributed by atoms with Gasteiger partial charge in [-0.15, -0.1) is 0 Å². The molecule has 118 valence electrons. The molecule has 1 amide bonds. The number of rotatable bonds is 3. The molecule has 0 aliphatic heterocycles. The summed E-state index contributed by atoms with van der Waals surface area (Å²) in [5.74, 6) is 0. The molecule has 0 spiro atoms. The van der Waals surface area contributed by atoms with Gasteiger partial charge in [-0.05, 0) is 51.0 Å². The molecule has 0 atom stereocenters. The minimum Gasteiger partial charge on any atom is -0.444 e. The van der Waals surface area contributed by atoms with Gasteiger partial charge in [0.25, 0.3) is 0 Å². The molecule has 0 N–H and O–H groups in total. The van der Waals surface area contributed by atoms with Crippen molar-refractivity contribution in [3.8, 4) is 0 Å². The van der Waals surface area contributed by atoms with Crippen molar-refractivity contribution in [2.24, 2.45) is 0 Å². The molecule has 0 saturated heterocycles. The van der Waals surface area contributed by atoms with Crippen molar-refractivity contribution >= 4 is 16.9 Å². The molecule has 0 fully saturated rings. The third kappa shape index (κ3) is 4.00. The molecular formula is C19H25NO2. The molecule has 0 heterocycles. The van der Waals surface area contributed by atoms with Crippen molar-refractivity contribution in [3.63, 3.8) is 0 Å². The van der Waals surface area contributed by atoms with Crippen LogP contribution in [0.2, 0.25) is 0 Å². The minimum atomic E-state index is -0.483. The highest BCUT2D eigenvalue weighted by atomic mass is 16.6. The summed E-state index contributed by atoms with van der Waals surface area (Å²) in [6, 6.07) is 14.5. The fourth-order valence-corrected chi connectivity index (χ4v) is 2.39. The zero-order valence-corrected chi connectivity index (χ0v) is 14.1. The lowest BCUT2D eigenvalue weighted by atomic mass is 10.0. The Morgan fingerprint density at radius 3 is 2.36 bits per heavy atom. The number of benzene rings is 2. The van der Waals surface area contributed by atoms with E-state index in [1.54, 1.807) is 4.90 Å². The van der Waals surface area contributed by atoms with Gasteiger partial charge in [-0.1, -0.05) is 42.5 Å². The normalized spacial score (nSPS) is 11.7. The summed E-state index contributed by atoms with van der Waals surface area (Å²) < 4.78 is 5.53. The van der Waals surface area contributed by atoms with Crippen molar-refractivity contribution in [2.75, 3.05) is 0 Å². The first kappa shape index (κ1) is 16.3. The maximum Gasteiger partial charge on any atom is 0.410 e. The van der Waals surface area contributed by atoms with Crippen molar-refractivity contribution in [2.45, 2.75) is 52.8 Å². The predicted octanol–water partition coefficient (Wildman–Crippen LogP) is 4.99. The molecule has 0 aliphatic carbocycles. The van der Waals surface area contributed by atoms with E-state index < -0.39 is 5.60 Å². The highest BCUT2D eigenvalue weighted by Gasteiger charge is 2.24. The van der Waals surface area contributed by atoms with E-state index in [0.29, 0.717) is 6.54 Å². The summed E-state index contributed by atoms with van der Waals surface area (Å²) in [6.45, 7) is 10.2. The van der Waals surface area contributed by atoms with Crippen molar-refractivity contribution in [1.29, 1.82) is 0 Å². The van der Waals surface area contributed by atoms with Crippen LogP contribution in [0, 0.1) is 0 Å². The van der Waals surface area contributed by atoms with Gasteiger partial charge in [0.1, 0.15) is 5.60 Å². The zero-order chi connectivity index (χ0) is 16.3. The van der Waals surface area contributed by atoms with Crippen molar-refractivity contribution < 1.29 is 9.53 Å². The van der Waals surface area contributed by atoms with Crippen LogP contribution in [0.25, 0.3) is 10.8 Å². The maximum atomic E-state index is 12.4. The van der Waals surface area contributed by atoms with Gasteiger partial charge in [0, 0.05) is 12.6 Å². The Hall–Kier alpha value is -2.03. The summed E-state index contributed by atoms with van der Waals surface area (Å²) in [6.07, 6.45) is -0.268. The quantitative estimate of drug-likeness (QED) is 0.799. The molecule has 3 heteroatoms. The van der Waals surface area contributed by atoms with E-state index in [0.717, 1.165) is 5.56 Å². The average molecular weight is 299 g/mol. The standard InChI is InChI=1S/C19H25NO2/c1-14(2)20(18(21)22-19(3,4)5)13-16-11-8-10-15-9-6-7-12-17(15)16/h6-12,14H,13H2,1-5H3. The molecule has 0 aromatic heterocycles. The first-order valence-corrected chi connectivity index (χ1v) is 7.74. The third-order valence-electron chi connectivity index (χ3n) is 3.47. The lowest BCUT2D eigenvalue weighted by Gasteiger charge is -2.30. The molecule has 0 saturated carbocycles. The predicted molar refractivity (Wildman–Crippen MR) is 90.9 cm³/mol. The van der Waals surface area contributed by atoms with E-state index in [9.17, 15) is 4.79 Å². The van der Waals surface area contributed by atoms with Gasteiger partial charge < -0.3 is 9.64 Å². The Balaban J connectivity index is 2.29. The highest BCUT2D eigenvalue weighted by Crippen LogP contribution is 2.22. The molecule has 2 rings (SSSR count). The van der Waals surface area contributed by atoms with Crippen molar-refractivity contribution in [3.05, 3.63) is 48.0 Å². The Kier molecular flexibility index (Phi) is 4.74. The monoisotopic (exact) mass is 299 g/mol. The summed E-state index contributed by atoms with van der Waals surface area (Å²) in [7, 11) is 0. The molecule has 0 bridgehead atoms. The fraction of sp³-hybridized carbons (Fsp3) is 0.421. The number of amides is 1. The Morgan fingerprint density at radius 2 is 1.73 bits per heavy atom. The van der Waals surface area contributed by atoms with Crippen LogP contribution in [0.3, 0.4) is 0 Å². The highest BCUT2D eigenvalue weighted by molar-refractivity contribution is 5.86. The molecule has 2 aromatic rings. The number of hydrogen-bond donors (Lipinski definition) is 0. The van der Waals surface area contributed by atoms with Gasteiger partial charge in [-0.25, -0.2) is 4.79 Å². The molecule has 0 aliphatic rings. The largest absolute Gasteiger partial charge is 0.444 e. The van der Waals surface area contributed by atoms with Gasteiger partial charge in [-0.2, -0.15) is 0 Å². The Bertz CT molecular complexity index is 651. The second-order valence-corrected chi connectivity index (χ2v) is 6.84. The van der Waals surface area contributed by atoms with Crippen LogP contribution in [0.15, 0.2) is 42.5 Å². The first-order valence-electron chi connectivity index (χ1n) is 7.74. The van der Waals surface area contributed by atoms with Crippen LogP contribution >= 0.6 is 0 Å². The maximum absolute atomic E-state index is 12.4. The van der Waals surface area contributed by atoms with E-state index in [1.807, 2.05) is 52.8 Å². The van der Waals surface area contributed by atoms with E-state index in [-0.39, 0.29) is 12.1 Å². The van der Waals surface area contributed by atoms with Crippen LogP contribution in [0.4, 0.5) is 4.79 Å². The van der Waals surface area contributed by atoms with E-state index in [2.05, 4.69) is 24.3 Å². The SMILES string of the molecule is CC(C)N(Cc1cccc2ccccc12)C(=O)OC(C)(C)C. The van der Waals surface area contributed by atoms with Crippen LogP contribution in [-0.4, -0.2) is 22.6 Å². The molecule has 3 nitrogen and oxygen atoms in total. The van der Waals surface area contributed by atoms with Gasteiger partial charge in [0.05, 0.1) is 0 Å². The number of nitrogens with zero attached hydrogens (tertiary/aromatic N) is 1. The van der Waals surface area contributed by atoms with Gasteiger partial charge in [-0.3, -0.25) is 0 Å². The number of hydrogen-bond acceptors (Lipinski definition) is 2. The van der Waals surface area contributed by atoms with Crippen LogP contribution in [0.5, 0.6) is 0 Å². The second kappa shape index (κ2) is 6.39. The zero-order valence-electron chi connectivity index (χ0n) is 14.1. The lowest BCUT2D eigenvalue weighted by molar-refractivity contribution is 0.0173. The number of carbonyl (C=O) groups excluding carboxylic acids is 1. The topological polar surface area (TPSA) is 29.5 Å². The number of ether oxygens (including phenoxy) is 1. The summed E-state index contributed by atoms with van der Waals surface area (Å²) in [4.78, 5) is 14.2. The fourth-order valence-electron chi connectivity index (χ4n) is 2.39. The Morgan fingerprint density at radius 1 is 1.09 bits per heavy atom. The molecular weight excluding hydrogens is 274 g/mol. The average Bonchev–Trinajstić information content (AvgIpc) is 2.42. The van der Waals surface area contributed by atoms with E-state index in [4.69, 9.17) is 4.74 Å². The summed E-state index contributed by atoms with van der Waals surface area (Å²) in [5, 5.41) is 2.37. The summed E-state index contributed by atoms with van der Waals surface area (Å²) in [5.41, 5.74) is 0.654. The lowest BCUT2D eigenvalue weighted by Crippen LogP contribution is -2.40. The van der Waals surface area contributed by atoms with E-state index in [1.165, 1.54) is 10.8 Å². The van der Waals surface area contributed by atoms with Crippen LogP contribution in [-0.2, 0) is 11.3 Å². The van der Waals surface area contributed by atoms with Gasteiger partial charge >= 0.3 is 6.09 Å². The molecule has 0 radical (unpaired) electrons. The second-order valence-electron chi connectivity index (χ2n) is 6.84.